The zero-order valence-electron chi connectivity index (χ0n) is 11.0. The van der Waals surface area contributed by atoms with Gasteiger partial charge in [0.05, 0.1) is 5.75 Å². The molecule has 6 nitrogen and oxygen atoms in total. The van der Waals surface area contributed by atoms with Gasteiger partial charge >= 0.3 is 0 Å². The lowest BCUT2D eigenvalue weighted by molar-refractivity contribution is -0.124. The summed E-state index contributed by atoms with van der Waals surface area (Å²) in [6, 6.07) is 0. The topological polar surface area (TPSA) is 92.3 Å². The normalized spacial score (nSPS) is 11.2. The van der Waals surface area contributed by atoms with Crippen LogP contribution in [0.4, 0.5) is 0 Å². The molecule has 0 aromatic rings. The van der Waals surface area contributed by atoms with E-state index < -0.39 is 10.0 Å². The largest absolute Gasteiger partial charge is 0.355 e. The molecule has 7 heteroatoms. The number of ketones is 1. The Morgan fingerprint density at radius 1 is 1.11 bits per heavy atom. The molecule has 0 aliphatic heterocycles. The minimum atomic E-state index is -3.22. The van der Waals surface area contributed by atoms with Crippen LogP contribution in [0.1, 0.15) is 39.5 Å². The van der Waals surface area contributed by atoms with E-state index in [-0.39, 0.29) is 43.4 Å². The van der Waals surface area contributed by atoms with Gasteiger partial charge in [0.25, 0.3) is 0 Å². The summed E-state index contributed by atoms with van der Waals surface area (Å²) < 4.78 is 25.2. The minimum absolute atomic E-state index is 0.0366. The molecular weight excluding hydrogens is 256 g/mol. The number of Topliss-reactive ketones (excluding diaryl/α,β-unsaturated/α-hetero) is 1. The minimum Gasteiger partial charge on any atom is -0.355 e. The van der Waals surface area contributed by atoms with Crippen LogP contribution in [0, 0.1) is 0 Å². The van der Waals surface area contributed by atoms with Crippen LogP contribution in [0.25, 0.3) is 0 Å². The van der Waals surface area contributed by atoms with Crippen molar-refractivity contribution in [2.75, 3.05) is 18.8 Å². The van der Waals surface area contributed by atoms with Crippen LogP contribution in [0.2, 0.25) is 0 Å². The van der Waals surface area contributed by atoms with Gasteiger partial charge in [-0.25, -0.2) is 13.1 Å². The number of carbonyl (C=O) groups is 2. The number of nitrogens with one attached hydrogen (secondary N) is 2. The Bertz CT molecular complexity index is 365. The predicted molar refractivity (Wildman–Crippen MR) is 69.6 cm³/mol. The second kappa shape index (κ2) is 9.04. The number of rotatable bonds is 10. The van der Waals surface area contributed by atoms with Crippen molar-refractivity contribution >= 4 is 21.7 Å². The smallest absolute Gasteiger partial charge is 0.220 e. The van der Waals surface area contributed by atoms with Gasteiger partial charge in [-0.2, -0.15) is 0 Å². The highest BCUT2D eigenvalue weighted by Gasteiger charge is 2.08. The molecule has 0 spiro atoms. The van der Waals surface area contributed by atoms with Crippen molar-refractivity contribution in [3.05, 3.63) is 0 Å². The van der Waals surface area contributed by atoms with Crippen LogP contribution in [-0.2, 0) is 19.6 Å². The molecule has 0 atom stereocenters. The summed E-state index contributed by atoms with van der Waals surface area (Å²) in [5, 5.41) is 2.55. The molecule has 0 unspecified atom stereocenters. The first kappa shape index (κ1) is 17.1. The molecular formula is C11H22N2O4S. The van der Waals surface area contributed by atoms with Gasteiger partial charge in [0.15, 0.2) is 0 Å². The summed E-state index contributed by atoms with van der Waals surface area (Å²) in [6.07, 6.45) is 1.81. The monoisotopic (exact) mass is 278 g/mol. The third-order valence-corrected chi connectivity index (χ3v) is 3.71. The van der Waals surface area contributed by atoms with Gasteiger partial charge < -0.3 is 10.1 Å². The maximum absolute atomic E-state index is 11.4. The number of hydrogen-bond acceptors (Lipinski definition) is 4. The van der Waals surface area contributed by atoms with Crippen molar-refractivity contribution in [2.45, 2.75) is 39.5 Å². The highest BCUT2D eigenvalue weighted by Crippen LogP contribution is 1.93. The fraction of sp³-hybridized carbons (Fsp3) is 0.818. The van der Waals surface area contributed by atoms with Gasteiger partial charge in [0.2, 0.25) is 15.9 Å². The van der Waals surface area contributed by atoms with Crippen LogP contribution < -0.4 is 10.0 Å². The SMILES string of the molecule is CCCCS(=O)(=O)NCCNC(=O)CCC(C)=O. The van der Waals surface area contributed by atoms with Crippen LogP contribution in [0.3, 0.4) is 0 Å². The van der Waals surface area contributed by atoms with Crippen molar-refractivity contribution in [2.24, 2.45) is 0 Å². The van der Waals surface area contributed by atoms with Crippen LogP contribution in [-0.4, -0.2) is 39.0 Å². The van der Waals surface area contributed by atoms with Gasteiger partial charge in [-0.15, -0.1) is 0 Å². The molecule has 0 fully saturated rings. The summed E-state index contributed by atoms with van der Waals surface area (Å²) in [6.45, 7) is 3.76. The summed E-state index contributed by atoms with van der Waals surface area (Å²) >= 11 is 0. The molecule has 18 heavy (non-hydrogen) atoms. The third kappa shape index (κ3) is 10.2. The summed E-state index contributed by atoms with van der Waals surface area (Å²) in [4.78, 5) is 21.8. The van der Waals surface area contributed by atoms with Crippen molar-refractivity contribution in [1.82, 2.24) is 10.0 Å². The molecule has 1 amide bonds. The molecule has 0 aromatic carbocycles. The number of amides is 1. The van der Waals surface area contributed by atoms with Gasteiger partial charge in [0, 0.05) is 25.9 Å². The Morgan fingerprint density at radius 3 is 2.33 bits per heavy atom. The average molecular weight is 278 g/mol. The Labute approximate surface area is 109 Å². The third-order valence-electron chi connectivity index (χ3n) is 2.24. The molecule has 0 heterocycles. The first-order valence-electron chi connectivity index (χ1n) is 6.11. The Balaban J connectivity index is 3.66. The summed E-state index contributed by atoms with van der Waals surface area (Å²) in [5.41, 5.74) is 0. The van der Waals surface area contributed by atoms with Crippen molar-refractivity contribution in [3.8, 4) is 0 Å². The van der Waals surface area contributed by atoms with Gasteiger partial charge in [-0.1, -0.05) is 13.3 Å². The van der Waals surface area contributed by atoms with Gasteiger partial charge in [-0.3, -0.25) is 4.79 Å². The lowest BCUT2D eigenvalue weighted by atomic mass is 10.2. The first-order valence-corrected chi connectivity index (χ1v) is 7.76. The maximum Gasteiger partial charge on any atom is 0.220 e. The standard InChI is InChI=1S/C11H22N2O4S/c1-3-4-9-18(16,17)13-8-7-12-11(15)6-5-10(2)14/h13H,3-9H2,1-2H3,(H,12,15). The van der Waals surface area contributed by atoms with E-state index in [1.54, 1.807) is 0 Å². The Hall–Kier alpha value is -0.950. The Morgan fingerprint density at radius 2 is 1.78 bits per heavy atom. The fourth-order valence-corrected chi connectivity index (χ4v) is 2.42. The molecule has 0 saturated carbocycles. The quantitative estimate of drug-likeness (QED) is 0.558. The van der Waals surface area contributed by atoms with Crippen molar-refractivity contribution in [3.63, 3.8) is 0 Å². The zero-order chi connectivity index (χ0) is 14.0. The number of hydrogen-bond donors (Lipinski definition) is 2. The molecule has 0 aliphatic carbocycles. The van der Waals surface area contributed by atoms with Crippen LogP contribution in [0.5, 0.6) is 0 Å². The average Bonchev–Trinajstić information content (AvgIpc) is 2.29. The van der Waals surface area contributed by atoms with E-state index in [0.717, 1.165) is 6.42 Å². The molecule has 2 N–H and O–H groups in total. The van der Waals surface area contributed by atoms with E-state index in [9.17, 15) is 18.0 Å². The molecule has 0 aromatic heterocycles. The first-order chi connectivity index (χ1) is 8.37. The molecule has 0 rings (SSSR count). The predicted octanol–water partition coefficient (Wildman–Crippen LogP) is 0.191. The lowest BCUT2D eigenvalue weighted by Gasteiger charge is -2.07. The van der Waals surface area contributed by atoms with E-state index in [1.807, 2.05) is 6.92 Å². The summed E-state index contributed by atoms with van der Waals surface area (Å²) in [7, 11) is -3.22. The van der Waals surface area contributed by atoms with Crippen LogP contribution in [0.15, 0.2) is 0 Å². The van der Waals surface area contributed by atoms with Gasteiger partial charge in [0.1, 0.15) is 5.78 Å². The molecule has 0 radical (unpaired) electrons. The molecule has 106 valence electrons. The van der Waals surface area contributed by atoms with Crippen molar-refractivity contribution in [1.29, 1.82) is 0 Å². The number of unbranched alkanes of at least 4 members (excludes halogenated alkanes) is 1. The molecule has 0 saturated heterocycles. The Kier molecular flexibility index (Phi) is 8.57. The van der Waals surface area contributed by atoms with E-state index in [1.165, 1.54) is 6.92 Å². The maximum atomic E-state index is 11.4. The second-order valence-electron chi connectivity index (χ2n) is 4.12. The summed E-state index contributed by atoms with van der Waals surface area (Å²) in [5.74, 6) is -0.162. The highest BCUT2D eigenvalue weighted by atomic mass is 32.2. The zero-order valence-corrected chi connectivity index (χ0v) is 11.8. The molecule has 0 bridgehead atoms. The van der Waals surface area contributed by atoms with E-state index >= 15 is 0 Å². The van der Waals surface area contributed by atoms with E-state index in [4.69, 9.17) is 0 Å². The van der Waals surface area contributed by atoms with E-state index in [2.05, 4.69) is 10.0 Å². The van der Waals surface area contributed by atoms with Crippen molar-refractivity contribution < 1.29 is 18.0 Å². The molecule has 0 aliphatic rings. The van der Waals surface area contributed by atoms with Gasteiger partial charge in [-0.05, 0) is 13.3 Å². The highest BCUT2D eigenvalue weighted by molar-refractivity contribution is 7.89. The number of carbonyl (C=O) groups excluding carboxylic acids is 2. The van der Waals surface area contributed by atoms with Crippen LogP contribution >= 0.6 is 0 Å². The second-order valence-corrected chi connectivity index (χ2v) is 6.05. The fourth-order valence-electron chi connectivity index (χ4n) is 1.19. The number of sulfonamides is 1. The lowest BCUT2D eigenvalue weighted by Crippen LogP contribution is -2.35. The van der Waals surface area contributed by atoms with E-state index in [0.29, 0.717) is 6.42 Å².